The maximum atomic E-state index is 11.5. The summed E-state index contributed by atoms with van der Waals surface area (Å²) in [6.07, 6.45) is 3.45. The normalized spacial score (nSPS) is 14.2. The Bertz CT molecular complexity index is 454. The van der Waals surface area contributed by atoms with Gasteiger partial charge in [-0.2, -0.15) is 0 Å². The van der Waals surface area contributed by atoms with Crippen LogP contribution in [-0.4, -0.2) is 31.6 Å². The highest BCUT2D eigenvalue weighted by Gasteiger charge is 2.16. The summed E-state index contributed by atoms with van der Waals surface area (Å²) in [4.78, 5) is 13.2. The van der Waals surface area contributed by atoms with Gasteiger partial charge in [-0.3, -0.25) is 4.79 Å². The molecule has 0 saturated carbocycles. The third-order valence-corrected chi connectivity index (χ3v) is 2.75. The molecule has 0 atom stereocenters. The quantitative estimate of drug-likeness (QED) is 0.793. The van der Waals surface area contributed by atoms with Crippen molar-refractivity contribution in [3.63, 3.8) is 0 Å². The molecule has 1 heterocycles. The number of carbonyl (C=O) groups excluding carboxylic acids is 1. The van der Waals surface area contributed by atoms with Gasteiger partial charge in [-0.1, -0.05) is 6.08 Å². The second kappa shape index (κ2) is 4.91. The summed E-state index contributed by atoms with van der Waals surface area (Å²) in [6, 6.07) is 5.61. The largest absolute Gasteiger partial charge is 0.497 e. The number of amides is 1. The van der Waals surface area contributed by atoms with Gasteiger partial charge in [0, 0.05) is 30.8 Å². The average molecular weight is 233 g/mol. The third-order valence-electron chi connectivity index (χ3n) is 2.75. The molecular formula is C13H15NO3. The zero-order valence-electron chi connectivity index (χ0n) is 9.97. The molecule has 0 unspecified atom stereocenters. The van der Waals surface area contributed by atoms with E-state index in [1.165, 1.54) is 0 Å². The molecule has 0 fully saturated rings. The van der Waals surface area contributed by atoms with Crippen molar-refractivity contribution in [3.8, 4) is 11.5 Å². The highest BCUT2D eigenvalue weighted by atomic mass is 16.5. The summed E-state index contributed by atoms with van der Waals surface area (Å²) in [5.74, 6) is 1.53. The second-order valence-electron chi connectivity index (χ2n) is 3.80. The Labute approximate surface area is 100 Å². The predicted octanol–water partition coefficient (Wildman–Crippen LogP) is 1.60. The molecule has 4 nitrogen and oxygen atoms in total. The maximum Gasteiger partial charge on any atom is 0.246 e. The van der Waals surface area contributed by atoms with Crippen LogP contribution in [0.4, 0.5) is 0 Å². The van der Waals surface area contributed by atoms with E-state index < -0.39 is 0 Å². The Balaban J connectivity index is 2.17. The molecule has 4 heteroatoms. The molecule has 0 aliphatic carbocycles. The van der Waals surface area contributed by atoms with Crippen molar-refractivity contribution in [3.05, 3.63) is 35.9 Å². The molecule has 0 N–H and O–H groups in total. The van der Waals surface area contributed by atoms with Crippen LogP contribution in [0.3, 0.4) is 0 Å². The first-order chi connectivity index (χ1) is 8.24. The van der Waals surface area contributed by atoms with Gasteiger partial charge in [0.15, 0.2) is 0 Å². The van der Waals surface area contributed by atoms with Crippen LogP contribution in [0, 0.1) is 0 Å². The first kappa shape index (κ1) is 11.5. The molecular weight excluding hydrogens is 218 g/mol. The minimum Gasteiger partial charge on any atom is -0.497 e. The van der Waals surface area contributed by atoms with Crippen molar-refractivity contribution in [2.75, 3.05) is 20.8 Å². The van der Waals surface area contributed by atoms with Gasteiger partial charge in [-0.25, -0.2) is 0 Å². The topological polar surface area (TPSA) is 38.8 Å². The van der Waals surface area contributed by atoms with Crippen LogP contribution < -0.4 is 9.47 Å². The number of ether oxygens (including phenoxy) is 2. The van der Waals surface area contributed by atoms with E-state index in [1.807, 2.05) is 24.3 Å². The van der Waals surface area contributed by atoms with Crippen molar-refractivity contribution < 1.29 is 14.3 Å². The van der Waals surface area contributed by atoms with E-state index in [1.54, 1.807) is 25.2 Å². The van der Waals surface area contributed by atoms with Gasteiger partial charge in [-0.15, -0.1) is 0 Å². The van der Waals surface area contributed by atoms with E-state index in [2.05, 4.69) is 0 Å². The third kappa shape index (κ3) is 2.41. The molecule has 1 aromatic rings. The lowest BCUT2D eigenvalue weighted by atomic mass is 10.2. The average Bonchev–Trinajstić information content (AvgIpc) is 2.75. The van der Waals surface area contributed by atoms with Gasteiger partial charge < -0.3 is 14.4 Å². The summed E-state index contributed by atoms with van der Waals surface area (Å²) in [5.41, 5.74) is 0.977. The van der Waals surface area contributed by atoms with Crippen LogP contribution in [0.5, 0.6) is 11.5 Å². The van der Waals surface area contributed by atoms with Crippen LogP contribution in [0.2, 0.25) is 0 Å². The molecule has 0 bridgehead atoms. The summed E-state index contributed by atoms with van der Waals surface area (Å²) < 4.78 is 10.4. The lowest BCUT2D eigenvalue weighted by Gasteiger charge is -2.18. The fourth-order valence-corrected chi connectivity index (χ4v) is 1.81. The summed E-state index contributed by atoms with van der Waals surface area (Å²) in [6.45, 7) is 1.22. The molecule has 1 aromatic carbocycles. The van der Waals surface area contributed by atoms with E-state index in [0.717, 1.165) is 17.1 Å². The monoisotopic (exact) mass is 233 g/mol. The van der Waals surface area contributed by atoms with Gasteiger partial charge in [0.1, 0.15) is 11.5 Å². The number of methoxy groups -OCH3 is 2. The Morgan fingerprint density at radius 3 is 2.71 bits per heavy atom. The van der Waals surface area contributed by atoms with Gasteiger partial charge in [0.2, 0.25) is 5.91 Å². The minimum atomic E-state index is 0.0443. The molecule has 2 rings (SSSR count). The van der Waals surface area contributed by atoms with Crippen LogP contribution in [0.1, 0.15) is 5.56 Å². The molecule has 1 aliphatic rings. The van der Waals surface area contributed by atoms with E-state index >= 15 is 0 Å². The fraction of sp³-hybridized carbons (Fsp3) is 0.308. The van der Waals surface area contributed by atoms with E-state index in [0.29, 0.717) is 13.1 Å². The number of carbonyl (C=O) groups is 1. The lowest BCUT2D eigenvalue weighted by molar-refractivity contribution is -0.125. The minimum absolute atomic E-state index is 0.0443. The SMILES string of the molecule is COc1ccc(CN2CC=CC2=O)c(OC)c1. The van der Waals surface area contributed by atoms with Crippen LogP contribution >= 0.6 is 0 Å². The highest BCUT2D eigenvalue weighted by Crippen LogP contribution is 2.26. The predicted molar refractivity (Wildman–Crippen MR) is 64.1 cm³/mol. The summed E-state index contributed by atoms with van der Waals surface area (Å²) in [7, 11) is 3.23. The van der Waals surface area contributed by atoms with Crippen molar-refractivity contribution in [1.29, 1.82) is 0 Å². The molecule has 90 valence electrons. The Kier molecular flexibility index (Phi) is 3.32. The molecule has 0 aromatic heterocycles. The van der Waals surface area contributed by atoms with Gasteiger partial charge >= 0.3 is 0 Å². The molecule has 0 radical (unpaired) electrons. The number of nitrogens with zero attached hydrogens (tertiary/aromatic N) is 1. The number of hydrogen-bond acceptors (Lipinski definition) is 3. The smallest absolute Gasteiger partial charge is 0.246 e. The Morgan fingerprint density at radius 2 is 2.12 bits per heavy atom. The number of hydrogen-bond donors (Lipinski definition) is 0. The maximum absolute atomic E-state index is 11.5. The first-order valence-corrected chi connectivity index (χ1v) is 5.41. The molecule has 0 spiro atoms. The van der Waals surface area contributed by atoms with Crippen molar-refractivity contribution in [2.45, 2.75) is 6.54 Å². The zero-order valence-corrected chi connectivity index (χ0v) is 9.97. The first-order valence-electron chi connectivity index (χ1n) is 5.41. The van der Waals surface area contributed by atoms with Gasteiger partial charge in [0.25, 0.3) is 0 Å². The van der Waals surface area contributed by atoms with Crippen LogP contribution in [0.15, 0.2) is 30.4 Å². The van der Waals surface area contributed by atoms with Gasteiger partial charge in [0.05, 0.1) is 14.2 Å². The van der Waals surface area contributed by atoms with E-state index in [-0.39, 0.29) is 5.91 Å². The van der Waals surface area contributed by atoms with Crippen molar-refractivity contribution >= 4 is 5.91 Å². The fourth-order valence-electron chi connectivity index (χ4n) is 1.81. The number of benzene rings is 1. The Morgan fingerprint density at radius 1 is 1.29 bits per heavy atom. The summed E-state index contributed by atoms with van der Waals surface area (Å²) in [5, 5.41) is 0. The summed E-state index contributed by atoms with van der Waals surface area (Å²) >= 11 is 0. The molecule has 1 aliphatic heterocycles. The molecule has 17 heavy (non-hydrogen) atoms. The second-order valence-corrected chi connectivity index (χ2v) is 3.80. The zero-order chi connectivity index (χ0) is 12.3. The van der Waals surface area contributed by atoms with Crippen LogP contribution in [0.25, 0.3) is 0 Å². The van der Waals surface area contributed by atoms with Crippen molar-refractivity contribution in [2.24, 2.45) is 0 Å². The van der Waals surface area contributed by atoms with Crippen LogP contribution in [-0.2, 0) is 11.3 Å². The lowest BCUT2D eigenvalue weighted by Crippen LogP contribution is -2.24. The van der Waals surface area contributed by atoms with Crippen molar-refractivity contribution in [1.82, 2.24) is 4.90 Å². The van der Waals surface area contributed by atoms with E-state index in [4.69, 9.17) is 9.47 Å². The van der Waals surface area contributed by atoms with E-state index in [9.17, 15) is 4.79 Å². The standard InChI is InChI=1S/C13H15NO3/c1-16-11-6-5-10(12(8-11)17-2)9-14-7-3-4-13(14)15/h3-6,8H,7,9H2,1-2H3. The Hall–Kier alpha value is -1.97. The number of rotatable bonds is 4. The van der Waals surface area contributed by atoms with Gasteiger partial charge in [-0.05, 0) is 12.1 Å². The molecule has 1 amide bonds. The molecule has 0 saturated heterocycles. The highest BCUT2D eigenvalue weighted by molar-refractivity contribution is 5.89.